The summed E-state index contributed by atoms with van der Waals surface area (Å²) in [5.41, 5.74) is 1.79. The van der Waals surface area contributed by atoms with Crippen LogP contribution in [0.2, 0.25) is 0 Å². The van der Waals surface area contributed by atoms with Gasteiger partial charge in [0, 0.05) is 11.4 Å². The average molecular weight is 446 g/mol. The molecule has 0 unspecified atom stereocenters. The maximum atomic E-state index is 13.7. The van der Waals surface area contributed by atoms with Crippen molar-refractivity contribution in [3.63, 3.8) is 0 Å². The van der Waals surface area contributed by atoms with E-state index >= 15 is 0 Å². The van der Waals surface area contributed by atoms with E-state index in [1.54, 1.807) is 36.6 Å². The molecule has 5 nitrogen and oxygen atoms in total. The standard InChI is InChI=1S/C24H25F3N2O3/c1-5-16-12-15(13-18-22(30)21(14(4)28-18)23(31)32-7-3)19(6-2)29(16)20-11-9-8-10-17(20)24(25,26)27/h8-13,30H,5-7H2,1-4H3/b18-13+. The summed E-state index contributed by atoms with van der Waals surface area (Å²) in [7, 11) is 0. The number of esters is 1. The van der Waals surface area contributed by atoms with Gasteiger partial charge in [-0.05, 0) is 56.5 Å². The fourth-order valence-corrected chi connectivity index (χ4v) is 3.87. The summed E-state index contributed by atoms with van der Waals surface area (Å²) in [6.07, 6.45) is -1.96. The van der Waals surface area contributed by atoms with E-state index in [-0.39, 0.29) is 29.3 Å². The number of halogens is 3. The van der Waals surface area contributed by atoms with Crippen LogP contribution in [0.1, 0.15) is 50.2 Å². The number of hydrogen-bond acceptors (Lipinski definition) is 4. The second-order valence-corrected chi connectivity index (χ2v) is 7.27. The summed E-state index contributed by atoms with van der Waals surface area (Å²) >= 11 is 0. The maximum Gasteiger partial charge on any atom is 0.418 e. The molecule has 1 aromatic heterocycles. The zero-order chi connectivity index (χ0) is 23.6. The first-order valence-electron chi connectivity index (χ1n) is 10.4. The minimum atomic E-state index is -4.50. The average Bonchev–Trinajstić information content (AvgIpc) is 3.23. The molecule has 0 amide bonds. The highest BCUT2D eigenvalue weighted by Crippen LogP contribution is 2.37. The van der Waals surface area contributed by atoms with Crippen molar-refractivity contribution in [2.75, 3.05) is 6.61 Å². The van der Waals surface area contributed by atoms with Gasteiger partial charge in [0.05, 0.1) is 23.6 Å². The van der Waals surface area contributed by atoms with Gasteiger partial charge < -0.3 is 14.4 Å². The first-order chi connectivity index (χ1) is 15.1. The van der Waals surface area contributed by atoms with Crippen LogP contribution in [0.15, 0.2) is 52.4 Å². The number of rotatable bonds is 6. The van der Waals surface area contributed by atoms with Crippen molar-refractivity contribution in [3.05, 3.63) is 69.9 Å². The van der Waals surface area contributed by atoms with E-state index in [1.807, 2.05) is 13.8 Å². The zero-order valence-corrected chi connectivity index (χ0v) is 18.4. The molecule has 1 aliphatic rings. The molecule has 170 valence electrons. The van der Waals surface area contributed by atoms with Gasteiger partial charge in [0.1, 0.15) is 11.3 Å². The van der Waals surface area contributed by atoms with Crippen molar-refractivity contribution in [1.82, 2.24) is 4.57 Å². The molecular weight excluding hydrogens is 421 g/mol. The third kappa shape index (κ3) is 4.22. The Bertz CT molecular complexity index is 1140. The van der Waals surface area contributed by atoms with Crippen molar-refractivity contribution in [3.8, 4) is 5.69 Å². The number of para-hydroxylation sites is 1. The normalized spacial score (nSPS) is 15.5. The van der Waals surface area contributed by atoms with Gasteiger partial charge in [0.2, 0.25) is 0 Å². The number of carbonyl (C=O) groups is 1. The van der Waals surface area contributed by atoms with E-state index in [0.29, 0.717) is 35.5 Å². The van der Waals surface area contributed by atoms with E-state index in [1.165, 1.54) is 12.1 Å². The number of hydrogen-bond donors (Lipinski definition) is 1. The zero-order valence-electron chi connectivity index (χ0n) is 18.4. The molecule has 1 N–H and O–H groups in total. The topological polar surface area (TPSA) is 63.8 Å². The van der Waals surface area contributed by atoms with Crippen LogP contribution in [-0.4, -0.2) is 28.0 Å². The van der Waals surface area contributed by atoms with Crippen LogP contribution >= 0.6 is 0 Å². The van der Waals surface area contributed by atoms with Gasteiger partial charge in [0.25, 0.3) is 0 Å². The van der Waals surface area contributed by atoms with Gasteiger partial charge in [0.15, 0.2) is 5.76 Å². The number of aryl methyl sites for hydroxylation is 1. The summed E-state index contributed by atoms with van der Waals surface area (Å²) < 4.78 is 47.7. The van der Waals surface area contributed by atoms with Gasteiger partial charge in [-0.1, -0.05) is 26.0 Å². The number of aliphatic hydroxyl groups is 1. The minimum absolute atomic E-state index is 0.00582. The molecule has 3 rings (SSSR count). The number of aromatic nitrogens is 1. The highest BCUT2D eigenvalue weighted by molar-refractivity contribution is 6.22. The fourth-order valence-electron chi connectivity index (χ4n) is 3.87. The molecule has 0 aliphatic carbocycles. The summed E-state index contributed by atoms with van der Waals surface area (Å²) in [5, 5.41) is 10.6. The number of aliphatic hydroxyl groups excluding tert-OH is 1. The van der Waals surface area contributed by atoms with Crippen LogP contribution in [-0.2, 0) is 28.5 Å². The van der Waals surface area contributed by atoms with Crippen molar-refractivity contribution in [2.45, 2.75) is 46.7 Å². The summed E-state index contributed by atoms with van der Waals surface area (Å²) in [5.74, 6) is -0.971. The molecule has 0 fully saturated rings. The van der Waals surface area contributed by atoms with Gasteiger partial charge >= 0.3 is 12.1 Å². The highest BCUT2D eigenvalue weighted by atomic mass is 19.4. The number of aliphatic imine (C=N–C) groups is 1. The second-order valence-electron chi connectivity index (χ2n) is 7.27. The van der Waals surface area contributed by atoms with Gasteiger partial charge in [-0.2, -0.15) is 13.2 Å². The predicted molar refractivity (Wildman–Crippen MR) is 117 cm³/mol. The third-order valence-corrected chi connectivity index (χ3v) is 5.26. The molecule has 32 heavy (non-hydrogen) atoms. The van der Waals surface area contributed by atoms with Crippen molar-refractivity contribution in [2.24, 2.45) is 4.99 Å². The van der Waals surface area contributed by atoms with Gasteiger partial charge in [-0.25, -0.2) is 9.79 Å². The molecule has 1 aromatic carbocycles. The molecule has 2 heterocycles. The number of nitrogens with zero attached hydrogens (tertiary/aromatic N) is 2. The summed E-state index contributed by atoms with van der Waals surface area (Å²) in [4.78, 5) is 16.4. The lowest BCUT2D eigenvalue weighted by Crippen LogP contribution is -2.13. The second kappa shape index (κ2) is 9.06. The van der Waals surface area contributed by atoms with E-state index in [4.69, 9.17) is 4.74 Å². The van der Waals surface area contributed by atoms with Crippen LogP contribution in [0.25, 0.3) is 11.8 Å². The maximum absolute atomic E-state index is 13.7. The van der Waals surface area contributed by atoms with Crippen LogP contribution in [0, 0.1) is 0 Å². The fraction of sp³-hybridized carbons (Fsp3) is 0.333. The monoisotopic (exact) mass is 446 g/mol. The van der Waals surface area contributed by atoms with E-state index in [2.05, 4.69) is 4.99 Å². The molecule has 8 heteroatoms. The Balaban J connectivity index is 2.19. The number of carbonyl (C=O) groups excluding carboxylic acids is 1. The van der Waals surface area contributed by atoms with Crippen molar-refractivity contribution < 1.29 is 27.8 Å². The Kier molecular flexibility index (Phi) is 6.62. The van der Waals surface area contributed by atoms with Crippen LogP contribution in [0.4, 0.5) is 13.2 Å². The number of ether oxygens (including phenoxy) is 1. The van der Waals surface area contributed by atoms with Crippen molar-refractivity contribution >= 4 is 17.8 Å². The Morgan fingerprint density at radius 3 is 2.47 bits per heavy atom. The Hall–Kier alpha value is -3.29. The Morgan fingerprint density at radius 2 is 1.88 bits per heavy atom. The minimum Gasteiger partial charge on any atom is -0.505 e. The Labute approximate surface area is 184 Å². The molecule has 0 spiro atoms. The Morgan fingerprint density at radius 1 is 1.19 bits per heavy atom. The van der Waals surface area contributed by atoms with E-state index < -0.39 is 17.7 Å². The quantitative estimate of drug-likeness (QED) is 0.570. The van der Waals surface area contributed by atoms with Crippen LogP contribution < -0.4 is 0 Å². The molecule has 0 radical (unpaired) electrons. The molecule has 2 aromatic rings. The highest BCUT2D eigenvalue weighted by Gasteiger charge is 2.34. The van der Waals surface area contributed by atoms with E-state index in [0.717, 1.165) is 6.07 Å². The molecule has 0 saturated heterocycles. The number of benzene rings is 1. The molecule has 1 aliphatic heterocycles. The van der Waals surface area contributed by atoms with Crippen LogP contribution in [0.3, 0.4) is 0 Å². The lowest BCUT2D eigenvalue weighted by atomic mass is 10.1. The largest absolute Gasteiger partial charge is 0.505 e. The van der Waals surface area contributed by atoms with Gasteiger partial charge in [-0.3, -0.25) is 0 Å². The molecule has 0 atom stereocenters. The first-order valence-corrected chi connectivity index (χ1v) is 10.4. The molecular formula is C24H25F3N2O3. The first kappa shape index (κ1) is 23.4. The predicted octanol–water partition coefficient (Wildman–Crippen LogP) is 5.81. The summed E-state index contributed by atoms with van der Waals surface area (Å²) in [6.45, 7) is 7.13. The molecule has 0 bridgehead atoms. The lowest BCUT2D eigenvalue weighted by Gasteiger charge is -2.18. The summed E-state index contributed by atoms with van der Waals surface area (Å²) in [6, 6.07) is 7.25. The van der Waals surface area contributed by atoms with Crippen molar-refractivity contribution in [1.29, 1.82) is 0 Å². The smallest absolute Gasteiger partial charge is 0.418 e. The SMILES string of the molecule is CCOC(=O)C1=C(O)/C(=C\c2cc(CC)n(-c3ccccc3C(F)(F)F)c2CC)N=C1C. The van der Waals surface area contributed by atoms with Crippen LogP contribution in [0.5, 0.6) is 0 Å². The molecule has 0 saturated carbocycles. The van der Waals surface area contributed by atoms with E-state index in [9.17, 15) is 23.1 Å². The number of alkyl halides is 3. The third-order valence-electron chi connectivity index (χ3n) is 5.26. The van der Waals surface area contributed by atoms with Gasteiger partial charge in [-0.15, -0.1) is 0 Å². The lowest BCUT2D eigenvalue weighted by molar-refractivity contribution is -0.138.